The van der Waals surface area contributed by atoms with Gasteiger partial charge >= 0.3 is 5.97 Å². The summed E-state index contributed by atoms with van der Waals surface area (Å²) in [6.07, 6.45) is 2.17. The fraction of sp³-hybridized carbons (Fsp3) is 0.429. The van der Waals surface area contributed by atoms with E-state index in [2.05, 4.69) is 0 Å². The zero-order valence-electron chi connectivity index (χ0n) is 11.9. The highest BCUT2D eigenvalue weighted by molar-refractivity contribution is 7.88. The Morgan fingerprint density at radius 3 is 2.38 bits per heavy atom. The maximum absolute atomic E-state index is 12.1. The molecule has 114 valence electrons. The van der Waals surface area contributed by atoms with Crippen molar-refractivity contribution >= 4 is 21.8 Å². The van der Waals surface area contributed by atoms with E-state index < -0.39 is 22.0 Å². The second kappa shape index (κ2) is 5.95. The van der Waals surface area contributed by atoms with Crippen molar-refractivity contribution in [3.8, 4) is 5.75 Å². The predicted molar refractivity (Wildman–Crippen MR) is 76.7 cm³/mol. The van der Waals surface area contributed by atoms with Crippen molar-refractivity contribution < 1.29 is 22.7 Å². The maximum Gasteiger partial charge on any atom is 0.329 e. The summed E-state index contributed by atoms with van der Waals surface area (Å²) in [5, 5.41) is 0. The molecule has 1 unspecified atom stereocenters. The molecule has 1 saturated heterocycles. The van der Waals surface area contributed by atoms with Gasteiger partial charge in [0, 0.05) is 12.1 Å². The van der Waals surface area contributed by atoms with Crippen LogP contribution in [0.4, 0.5) is 0 Å². The molecule has 1 aliphatic heterocycles. The van der Waals surface area contributed by atoms with Crippen molar-refractivity contribution in [2.75, 3.05) is 12.8 Å². The van der Waals surface area contributed by atoms with Crippen LogP contribution in [0.5, 0.6) is 5.75 Å². The van der Waals surface area contributed by atoms with Crippen molar-refractivity contribution in [1.82, 2.24) is 4.31 Å². The van der Waals surface area contributed by atoms with Crippen LogP contribution >= 0.6 is 0 Å². The molecular weight excluding hydrogens is 294 g/mol. The summed E-state index contributed by atoms with van der Waals surface area (Å²) in [4.78, 5) is 23.3. The maximum atomic E-state index is 12.1. The lowest BCUT2D eigenvalue weighted by molar-refractivity contribution is -0.137. The van der Waals surface area contributed by atoms with E-state index in [9.17, 15) is 18.0 Å². The minimum atomic E-state index is -3.42. The molecule has 0 aliphatic carbocycles. The summed E-state index contributed by atoms with van der Waals surface area (Å²) in [5.41, 5.74) is 0.522. The van der Waals surface area contributed by atoms with Gasteiger partial charge in [0.2, 0.25) is 10.0 Å². The number of carbonyl (C=O) groups is 2. The molecule has 0 saturated carbocycles. The van der Waals surface area contributed by atoms with Crippen LogP contribution in [0.3, 0.4) is 0 Å². The largest absolute Gasteiger partial charge is 0.425 e. The zero-order chi connectivity index (χ0) is 15.6. The smallest absolute Gasteiger partial charge is 0.329 e. The Balaban J connectivity index is 2.09. The third-order valence-electron chi connectivity index (χ3n) is 3.38. The van der Waals surface area contributed by atoms with E-state index >= 15 is 0 Å². The van der Waals surface area contributed by atoms with Gasteiger partial charge in [-0.15, -0.1) is 0 Å². The molecule has 1 aliphatic rings. The lowest BCUT2D eigenvalue weighted by Gasteiger charge is -2.20. The van der Waals surface area contributed by atoms with Gasteiger partial charge in [0.1, 0.15) is 11.8 Å². The lowest BCUT2D eigenvalue weighted by Crippen LogP contribution is -2.41. The first-order valence-electron chi connectivity index (χ1n) is 6.58. The van der Waals surface area contributed by atoms with E-state index in [-0.39, 0.29) is 5.78 Å². The second-order valence-corrected chi connectivity index (χ2v) is 6.97. The molecule has 1 aromatic rings. The number of esters is 1. The molecule has 2 rings (SSSR count). The molecule has 0 amide bonds. The molecule has 0 N–H and O–H groups in total. The number of benzene rings is 1. The molecule has 1 fully saturated rings. The quantitative estimate of drug-likeness (QED) is 0.474. The molecule has 1 atom stereocenters. The van der Waals surface area contributed by atoms with Crippen molar-refractivity contribution in [2.45, 2.75) is 25.8 Å². The summed E-state index contributed by atoms with van der Waals surface area (Å²) in [7, 11) is -3.42. The average molecular weight is 311 g/mol. The van der Waals surface area contributed by atoms with Crippen LogP contribution in [0.15, 0.2) is 24.3 Å². The summed E-state index contributed by atoms with van der Waals surface area (Å²) in [6, 6.07) is 5.40. The molecule has 21 heavy (non-hydrogen) atoms. The third-order valence-corrected chi connectivity index (χ3v) is 4.67. The number of sulfonamides is 1. The van der Waals surface area contributed by atoms with Gasteiger partial charge in [0.25, 0.3) is 0 Å². The van der Waals surface area contributed by atoms with Crippen LogP contribution < -0.4 is 4.74 Å². The molecule has 1 aromatic carbocycles. The van der Waals surface area contributed by atoms with E-state index in [0.717, 1.165) is 6.26 Å². The standard InChI is InChI=1S/C14H17NO5S/c1-10(16)11-5-7-12(8-6-11)20-14(17)13-4-3-9-15(13)21(2,18)19/h5-8,13H,3-4,9H2,1-2H3. The first-order chi connectivity index (χ1) is 9.79. The zero-order valence-corrected chi connectivity index (χ0v) is 12.7. The van der Waals surface area contributed by atoms with Gasteiger partial charge in [0.05, 0.1) is 6.26 Å². The highest BCUT2D eigenvalue weighted by Crippen LogP contribution is 2.23. The van der Waals surface area contributed by atoms with E-state index in [1.807, 2.05) is 0 Å². The molecular formula is C14H17NO5S. The monoisotopic (exact) mass is 311 g/mol. The van der Waals surface area contributed by atoms with Crippen LogP contribution in [0.2, 0.25) is 0 Å². The summed E-state index contributed by atoms with van der Waals surface area (Å²) in [5.74, 6) is -0.370. The number of ether oxygens (including phenoxy) is 1. The molecule has 0 bridgehead atoms. The second-order valence-electron chi connectivity index (χ2n) is 5.03. The lowest BCUT2D eigenvalue weighted by atomic mass is 10.1. The summed E-state index contributed by atoms with van der Waals surface area (Å²) in [6.45, 7) is 1.78. The molecule has 1 heterocycles. The first kappa shape index (κ1) is 15.7. The normalized spacial score (nSPS) is 19.4. The summed E-state index contributed by atoms with van der Waals surface area (Å²) < 4.78 is 29.6. The number of carbonyl (C=O) groups excluding carboxylic acids is 2. The Kier molecular flexibility index (Phi) is 4.43. The Morgan fingerprint density at radius 2 is 1.86 bits per heavy atom. The fourth-order valence-corrected chi connectivity index (χ4v) is 3.43. The van der Waals surface area contributed by atoms with Crippen LogP contribution in [-0.2, 0) is 14.8 Å². The van der Waals surface area contributed by atoms with E-state index in [1.165, 1.54) is 23.4 Å². The highest BCUT2D eigenvalue weighted by Gasteiger charge is 2.37. The number of hydrogen-bond donors (Lipinski definition) is 0. The topological polar surface area (TPSA) is 80.8 Å². The molecule has 0 aromatic heterocycles. The SMILES string of the molecule is CC(=O)c1ccc(OC(=O)C2CCCN2S(C)(=O)=O)cc1. The van der Waals surface area contributed by atoms with E-state index in [1.54, 1.807) is 12.1 Å². The van der Waals surface area contributed by atoms with Crippen LogP contribution in [0.1, 0.15) is 30.1 Å². The Bertz CT molecular complexity index is 650. The molecule has 7 heteroatoms. The predicted octanol–water partition coefficient (Wildman–Crippen LogP) is 1.22. The van der Waals surface area contributed by atoms with Crippen LogP contribution in [-0.4, -0.2) is 43.3 Å². The van der Waals surface area contributed by atoms with Crippen molar-refractivity contribution in [1.29, 1.82) is 0 Å². The van der Waals surface area contributed by atoms with Gasteiger partial charge in [-0.25, -0.2) is 13.2 Å². The van der Waals surface area contributed by atoms with Gasteiger partial charge in [-0.1, -0.05) is 0 Å². The van der Waals surface area contributed by atoms with Crippen molar-refractivity contribution in [3.05, 3.63) is 29.8 Å². The molecule has 6 nitrogen and oxygen atoms in total. The third kappa shape index (κ3) is 3.68. The number of hydrogen-bond acceptors (Lipinski definition) is 5. The Morgan fingerprint density at radius 1 is 1.24 bits per heavy atom. The van der Waals surface area contributed by atoms with Gasteiger partial charge in [-0.2, -0.15) is 4.31 Å². The van der Waals surface area contributed by atoms with Gasteiger partial charge < -0.3 is 4.74 Å². The summed E-state index contributed by atoms with van der Waals surface area (Å²) >= 11 is 0. The fourth-order valence-electron chi connectivity index (χ4n) is 2.31. The minimum Gasteiger partial charge on any atom is -0.425 e. The van der Waals surface area contributed by atoms with Gasteiger partial charge in [-0.05, 0) is 44.0 Å². The van der Waals surface area contributed by atoms with Gasteiger partial charge in [0.15, 0.2) is 5.78 Å². The molecule has 0 spiro atoms. The van der Waals surface area contributed by atoms with Gasteiger partial charge in [-0.3, -0.25) is 4.79 Å². The van der Waals surface area contributed by atoms with Crippen molar-refractivity contribution in [3.63, 3.8) is 0 Å². The molecule has 0 radical (unpaired) electrons. The number of nitrogens with zero attached hydrogens (tertiary/aromatic N) is 1. The Labute approximate surface area is 123 Å². The van der Waals surface area contributed by atoms with Crippen LogP contribution in [0, 0.1) is 0 Å². The average Bonchev–Trinajstić information content (AvgIpc) is 2.88. The number of rotatable bonds is 4. The Hall–Kier alpha value is -1.73. The minimum absolute atomic E-state index is 0.0769. The van der Waals surface area contributed by atoms with E-state index in [4.69, 9.17) is 4.74 Å². The first-order valence-corrected chi connectivity index (χ1v) is 8.43. The number of Topliss-reactive ketones (excluding diaryl/α,β-unsaturated/α-hetero) is 1. The number of ketones is 1. The van der Waals surface area contributed by atoms with Crippen molar-refractivity contribution in [2.24, 2.45) is 0 Å². The van der Waals surface area contributed by atoms with Crippen LogP contribution in [0.25, 0.3) is 0 Å². The highest BCUT2D eigenvalue weighted by atomic mass is 32.2. The van der Waals surface area contributed by atoms with E-state index in [0.29, 0.717) is 30.7 Å².